The molecule has 5 nitrogen and oxygen atoms in total. The molecule has 124 valence electrons. The highest BCUT2D eigenvalue weighted by molar-refractivity contribution is 8.00. The lowest BCUT2D eigenvalue weighted by atomic mass is 9.97. The number of carbonyl (C=O) groups is 1. The van der Waals surface area contributed by atoms with Gasteiger partial charge in [-0.15, -0.1) is 22.7 Å². The van der Waals surface area contributed by atoms with Crippen molar-refractivity contribution in [2.24, 2.45) is 0 Å². The predicted molar refractivity (Wildman–Crippen MR) is 100 cm³/mol. The molecule has 0 bridgehead atoms. The summed E-state index contributed by atoms with van der Waals surface area (Å²) in [6.45, 7) is 1.91. The van der Waals surface area contributed by atoms with Gasteiger partial charge < -0.3 is 5.32 Å². The molecule has 4 rings (SSSR count). The molecule has 0 saturated carbocycles. The summed E-state index contributed by atoms with van der Waals surface area (Å²) >= 11 is 4.71. The van der Waals surface area contributed by atoms with Crippen LogP contribution in [0.4, 0.5) is 5.13 Å². The maximum Gasteiger partial charge on any atom is 0.236 e. The van der Waals surface area contributed by atoms with Crippen LogP contribution in [-0.4, -0.2) is 26.6 Å². The summed E-state index contributed by atoms with van der Waals surface area (Å²) in [6.07, 6.45) is 6.33. The van der Waals surface area contributed by atoms with Crippen LogP contribution in [0.5, 0.6) is 0 Å². The zero-order valence-corrected chi connectivity index (χ0v) is 15.6. The summed E-state index contributed by atoms with van der Waals surface area (Å²) in [5.74, 6) is 0.278. The first-order chi connectivity index (χ1) is 11.7. The van der Waals surface area contributed by atoms with Crippen molar-refractivity contribution >= 4 is 55.7 Å². The molecule has 1 aliphatic carbocycles. The van der Waals surface area contributed by atoms with E-state index >= 15 is 0 Å². The Morgan fingerprint density at radius 1 is 1.33 bits per heavy atom. The SMILES string of the molecule is Cc1csc(NC(=O)CSc2ncnc3sc4c(c23)CCCC4)n1. The number of nitrogens with one attached hydrogen (secondary N) is 1. The molecule has 0 unspecified atom stereocenters. The third kappa shape index (κ3) is 3.18. The van der Waals surface area contributed by atoms with Crippen molar-refractivity contribution in [3.05, 3.63) is 27.8 Å². The smallest absolute Gasteiger partial charge is 0.236 e. The number of anilines is 1. The van der Waals surface area contributed by atoms with Crippen molar-refractivity contribution < 1.29 is 4.79 Å². The van der Waals surface area contributed by atoms with Crippen LogP contribution in [0.3, 0.4) is 0 Å². The molecule has 8 heteroatoms. The average molecular weight is 377 g/mol. The fourth-order valence-corrected chi connectivity index (χ4v) is 5.70. The minimum absolute atomic E-state index is 0.0507. The van der Waals surface area contributed by atoms with Crippen LogP contribution in [-0.2, 0) is 17.6 Å². The fraction of sp³-hybridized carbons (Fsp3) is 0.375. The molecule has 3 aromatic rings. The van der Waals surface area contributed by atoms with E-state index in [4.69, 9.17) is 0 Å². The molecule has 3 heterocycles. The first-order valence-corrected chi connectivity index (χ1v) is 10.5. The van der Waals surface area contributed by atoms with Gasteiger partial charge in [-0.25, -0.2) is 15.0 Å². The molecule has 1 aliphatic rings. The summed E-state index contributed by atoms with van der Waals surface area (Å²) in [7, 11) is 0. The minimum atomic E-state index is -0.0507. The van der Waals surface area contributed by atoms with Crippen molar-refractivity contribution in [1.82, 2.24) is 15.0 Å². The molecule has 0 aliphatic heterocycles. The number of thioether (sulfide) groups is 1. The molecular weight excluding hydrogens is 360 g/mol. The number of aryl methyl sites for hydroxylation is 3. The molecule has 24 heavy (non-hydrogen) atoms. The largest absolute Gasteiger partial charge is 0.301 e. The van der Waals surface area contributed by atoms with Crippen LogP contribution in [0.1, 0.15) is 29.0 Å². The molecule has 1 amide bonds. The monoisotopic (exact) mass is 376 g/mol. The molecule has 0 radical (unpaired) electrons. The number of carbonyl (C=O) groups excluding carboxylic acids is 1. The summed E-state index contributed by atoms with van der Waals surface area (Å²) in [5, 5.41) is 7.51. The molecule has 1 N–H and O–H groups in total. The highest BCUT2D eigenvalue weighted by atomic mass is 32.2. The van der Waals surface area contributed by atoms with Crippen LogP contribution in [0.15, 0.2) is 16.7 Å². The minimum Gasteiger partial charge on any atom is -0.301 e. The van der Waals surface area contributed by atoms with E-state index < -0.39 is 0 Å². The Balaban J connectivity index is 1.52. The van der Waals surface area contributed by atoms with E-state index in [9.17, 15) is 4.79 Å². The molecule has 3 aromatic heterocycles. The molecule has 0 saturated heterocycles. The second-order valence-corrected chi connectivity index (χ2v) is 8.61. The molecule has 0 fully saturated rings. The lowest BCUT2D eigenvalue weighted by molar-refractivity contribution is -0.113. The standard InChI is InChI=1S/C16H16N4OS3/c1-9-6-23-16(19-9)20-12(21)7-22-14-13-10-4-2-3-5-11(10)24-15(13)18-8-17-14/h6,8H,2-5,7H2,1H3,(H,19,20,21). The number of thiazole rings is 1. The Bertz CT molecular complexity index is 902. The Hall–Kier alpha value is -1.51. The zero-order valence-electron chi connectivity index (χ0n) is 13.2. The Morgan fingerprint density at radius 2 is 2.21 bits per heavy atom. The van der Waals surface area contributed by atoms with Crippen molar-refractivity contribution in [2.45, 2.75) is 37.6 Å². The summed E-state index contributed by atoms with van der Waals surface area (Å²) in [6, 6.07) is 0. The van der Waals surface area contributed by atoms with Gasteiger partial charge in [-0.1, -0.05) is 11.8 Å². The lowest BCUT2D eigenvalue weighted by Crippen LogP contribution is -2.14. The van der Waals surface area contributed by atoms with Crippen molar-refractivity contribution in [3.63, 3.8) is 0 Å². The predicted octanol–water partition coefficient (Wildman–Crippen LogP) is 4.07. The number of nitrogens with zero attached hydrogens (tertiary/aromatic N) is 3. The van der Waals surface area contributed by atoms with E-state index in [2.05, 4.69) is 20.3 Å². The number of aromatic nitrogens is 3. The number of rotatable bonds is 4. The van der Waals surface area contributed by atoms with Crippen LogP contribution in [0.2, 0.25) is 0 Å². The second kappa shape index (κ2) is 6.78. The first kappa shape index (κ1) is 16.0. The van der Waals surface area contributed by atoms with Crippen LogP contribution in [0, 0.1) is 6.92 Å². The number of hydrogen-bond donors (Lipinski definition) is 1. The van der Waals surface area contributed by atoms with Gasteiger partial charge in [0.1, 0.15) is 16.2 Å². The van der Waals surface area contributed by atoms with Crippen molar-refractivity contribution in [2.75, 3.05) is 11.1 Å². The van der Waals surface area contributed by atoms with E-state index in [-0.39, 0.29) is 5.91 Å². The lowest BCUT2D eigenvalue weighted by Gasteiger charge is -2.11. The van der Waals surface area contributed by atoms with E-state index in [1.165, 1.54) is 51.8 Å². The fourth-order valence-electron chi connectivity index (χ4n) is 2.87. The Kier molecular flexibility index (Phi) is 4.51. The highest BCUT2D eigenvalue weighted by Gasteiger charge is 2.20. The normalized spacial score (nSPS) is 13.9. The van der Waals surface area contributed by atoms with E-state index in [0.717, 1.165) is 28.4 Å². The molecule has 0 aromatic carbocycles. The Morgan fingerprint density at radius 3 is 3.04 bits per heavy atom. The maximum absolute atomic E-state index is 12.2. The molecule has 0 atom stereocenters. The van der Waals surface area contributed by atoms with Gasteiger partial charge in [0.15, 0.2) is 5.13 Å². The van der Waals surface area contributed by atoms with Crippen molar-refractivity contribution in [1.29, 1.82) is 0 Å². The van der Waals surface area contributed by atoms with Gasteiger partial charge in [-0.05, 0) is 38.2 Å². The van der Waals surface area contributed by atoms with Gasteiger partial charge in [0, 0.05) is 15.6 Å². The number of amides is 1. The molecule has 0 spiro atoms. The van der Waals surface area contributed by atoms with Gasteiger partial charge >= 0.3 is 0 Å². The number of fused-ring (bicyclic) bond motifs is 3. The van der Waals surface area contributed by atoms with Crippen LogP contribution >= 0.6 is 34.4 Å². The Labute approximate surface area is 151 Å². The highest BCUT2D eigenvalue weighted by Crippen LogP contribution is 2.39. The zero-order chi connectivity index (χ0) is 16.5. The van der Waals surface area contributed by atoms with Gasteiger partial charge in [0.05, 0.1) is 11.4 Å². The van der Waals surface area contributed by atoms with Crippen molar-refractivity contribution in [3.8, 4) is 0 Å². The second-order valence-electron chi connectivity index (χ2n) is 5.70. The quantitative estimate of drug-likeness (QED) is 0.549. The maximum atomic E-state index is 12.2. The topological polar surface area (TPSA) is 67.8 Å². The van der Waals surface area contributed by atoms with E-state index in [1.807, 2.05) is 12.3 Å². The third-order valence-electron chi connectivity index (χ3n) is 3.92. The van der Waals surface area contributed by atoms with Gasteiger partial charge in [0.2, 0.25) is 5.91 Å². The van der Waals surface area contributed by atoms with Gasteiger partial charge in [-0.3, -0.25) is 4.79 Å². The van der Waals surface area contributed by atoms with Gasteiger partial charge in [0.25, 0.3) is 0 Å². The van der Waals surface area contributed by atoms with E-state index in [0.29, 0.717) is 10.9 Å². The van der Waals surface area contributed by atoms with Gasteiger partial charge in [-0.2, -0.15) is 0 Å². The third-order valence-corrected chi connectivity index (χ3v) is 6.99. The van der Waals surface area contributed by atoms with E-state index in [1.54, 1.807) is 17.7 Å². The average Bonchev–Trinajstić information content (AvgIpc) is 3.16. The van der Waals surface area contributed by atoms with Crippen LogP contribution in [0.25, 0.3) is 10.2 Å². The number of hydrogen-bond acceptors (Lipinski definition) is 7. The molecular formula is C16H16N4OS3. The number of thiophene rings is 1. The summed E-state index contributed by atoms with van der Waals surface area (Å²) in [4.78, 5) is 27.8. The van der Waals surface area contributed by atoms with Crippen LogP contribution < -0.4 is 5.32 Å². The first-order valence-electron chi connectivity index (χ1n) is 7.81. The summed E-state index contributed by atoms with van der Waals surface area (Å²) in [5.41, 5.74) is 2.32. The summed E-state index contributed by atoms with van der Waals surface area (Å²) < 4.78 is 0.